The molecule has 4 nitrogen and oxygen atoms in total. The molecule has 0 aliphatic carbocycles. The van der Waals surface area contributed by atoms with Crippen molar-refractivity contribution in [1.82, 2.24) is 4.90 Å². The highest BCUT2D eigenvalue weighted by Gasteiger charge is 2.13. The van der Waals surface area contributed by atoms with Crippen LogP contribution in [0.5, 0.6) is 0 Å². The van der Waals surface area contributed by atoms with Gasteiger partial charge in [0.15, 0.2) is 0 Å². The highest BCUT2D eigenvalue weighted by atomic mass is 16.2. The Labute approximate surface area is 78.4 Å². The summed E-state index contributed by atoms with van der Waals surface area (Å²) in [5.74, 6) is -0.380. The third-order valence-corrected chi connectivity index (χ3v) is 1.68. The van der Waals surface area contributed by atoms with Crippen molar-refractivity contribution in [2.24, 2.45) is 5.92 Å². The van der Waals surface area contributed by atoms with Gasteiger partial charge in [-0.25, -0.2) is 0 Å². The molecule has 1 unspecified atom stereocenters. The van der Waals surface area contributed by atoms with Gasteiger partial charge in [0.25, 0.3) is 0 Å². The summed E-state index contributed by atoms with van der Waals surface area (Å²) in [5, 5.41) is 16.8. The first-order valence-corrected chi connectivity index (χ1v) is 4.20. The van der Waals surface area contributed by atoms with Gasteiger partial charge in [0.1, 0.15) is 6.42 Å². The molecule has 0 N–H and O–H groups in total. The maximum atomic E-state index is 11.2. The quantitative estimate of drug-likeness (QED) is 0.644. The number of rotatable bonds is 4. The van der Waals surface area contributed by atoms with Crippen molar-refractivity contribution in [1.29, 1.82) is 10.5 Å². The van der Waals surface area contributed by atoms with Crippen LogP contribution in [0.15, 0.2) is 0 Å². The zero-order valence-electron chi connectivity index (χ0n) is 7.95. The summed E-state index contributed by atoms with van der Waals surface area (Å²) < 4.78 is 0. The van der Waals surface area contributed by atoms with E-state index in [4.69, 9.17) is 10.5 Å². The molecule has 0 saturated heterocycles. The summed E-state index contributed by atoms with van der Waals surface area (Å²) in [4.78, 5) is 12.7. The fraction of sp³-hybridized carbons (Fsp3) is 0.667. The lowest BCUT2D eigenvalue weighted by Crippen LogP contribution is -2.33. The molecule has 0 heterocycles. The number of nitrogens with zero attached hydrogens (tertiary/aromatic N) is 3. The maximum absolute atomic E-state index is 11.2. The molecule has 0 bridgehead atoms. The lowest BCUT2D eigenvalue weighted by atomic mass is 10.2. The molecular formula is C9H13N3O. The first-order chi connectivity index (χ1) is 6.15. The summed E-state index contributed by atoms with van der Waals surface area (Å²) in [6.07, 6.45) is -0.105. The minimum Gasteiger partial charge on any atom is -0.341 e. The number of carbonyl (C=O) groups is 1. The molecule has 1 atom stereocenters. The van der Waals surface area contributed by atoms with E-state index in [1.807, 2.05) is 13.0 Å². The van der Waals surface area contributed by atoms with Crippen LogP contribution in [-0.2, 0) is 4.79 Å². The van der Waals surface area contributed by atoms with Crippen LogP contribution in [-0.4, -0.2) is 23.9 Å². The first kappa shape index (κ1) is 11.4. The third-order valence-electron chi connectivity index (χ3n) is 1.68. The Bertz CT molecular complexity index is 249. The van der Waals surface area contributed by atoms with E-state index in [1.165, 1.54) is 4.90 Å². The molecule has 0 aliphatic heterocycles. The van der Waals surface area contributed by atoms with Crippen molar-refractivity contribution in [2.75, 3.05) is 13.1 Å². The van der Waals surface area contributed by atoms with Gasteiger partial charge >= 0.3 is 0 Å². The van der Waals surface area contributed by atoms with Crippen LogP contribution in [0.1, 0.15) is 20.3 Å². The summed E-state index contributed by atoms with van der Waals surface area (Å²) >= 11 is 0. The molecule has 0 rings (SSSR count). The van der Waals surface area contributed by atoms with Crippen molar-refractivity contribution in [3.05, 3.63) is 0 Å². The average Bonchev–Trinajstić information content (AvgIpc) is 2.14. The topological polar surface area (TPSA) is 67.9 Å². The van der Waals surface area contributed by atoms with E-state index < -0.39 is 0 Å². The monoisotopic (exact) mass is 179 g/mol. The molecule has 0 spiro atoms. The van der Waals surface area contributed by atoms with E-state index in [1.54, 1.807) is 13.0 Å². The van der Waals surface area contributed by atoms with Crippen LogP contribution in [0.4, 0.5) is 0 Å². The largest absolute Gasteiger partial charge is 0.341 e. The molecule has 0 aliphatic rings. The van der Waals surface area contributed by atoms with Crippen molar-refractivity contribution >= 4 is 5.91 Å². The van der Waals surface area contributed by atoms with Gasteiger partial charge in [0.05, 0.1) is 18.1 Å². The Kier molecular flexibility index (Phi) is 5.30. The van der Waals surface area contributed by atoms with Gasteiger partial charge in [-0.2, -0.15) is 10.5 Å². The Balaban J connectivity index is 4.13. The molecule has 4 heteroatoms. The van der Waals surface area contributed by atoms with Crippen LogP contribution in [0.3, 0.4) is 0 Å². The third kappa shape index (κ3) is 4.12. The van der Waals surface area contributed by atoms with Crippen molar-refractivity contribution in [3.8, 4) is 12.1 Å². The molecule has 0 saturated carbocycles. The van der Waals surface area contributed by atoms with Gasteiger partial charge < -0.3 is 4.90 Å². The summed E-state index contributed by atoms with van der Waals surface area (Å²) in [7, 11) is 0. The van der Waals surface area contributed by atoms with Crippen LogP contribution in [0.2, 0.25) is 0 Å². The highest BCUT2D eigenvalue weighted by Crippen LogP contribution is 2.00. The minimum absolute atomic E-state index is 0.105. The summed E-state index contributed by atoms with van der Waals surface area (Å²) in [5.41, 5.74) is 0. The average molecular weight is 179 g/mol. The minimum atomic E-state index is -0.202. The van der Waals surface area contributed by atoms with Crippen molar-refractivity contribution < 1.29 is 4.79 Å². The van der Waals surface area contributed by atoms with Gasteiger partial charge in [0, 0.05) is 13.1 Å². The lowest BCUT2D eigenvalue weighted by molar-refractivity contribution is -0.130. The predicted octanol–water partition coefficient (Wildman–Crippen LogP) is 0.908. The fourth-order valence-electron chi connectivity index (χ4n) is 0.958. The van der Waals surface area contributed by atoms with E-state index in [0.717, 1.165) is 0 Å². The van der Waals surface area contributed by atoms with Crippen molar-refractivity contribution in [2.45, 2.75) is 20.3 Å². The van der Waals surface area contributed by atoms with Gasteiger partial charge in [0.2, 0.25) is 5.91 Å². The smallest absolute Gasteiger partial charge is 0.236 e. The molecular weight excluding hydrogens is 166 g/mol. The van der Waals surface area contributed by atoms with E-state index in [-0.39, 0.29) is 18.2 Å². The van der Waals surface area contributed by atoms with E-state index in [2.05, 4.69) is 0 Å². The molecule has 0 aromatic rings. The zero-order valence-corrected chi connectivity index (χ0v) is 7.95. The predicted molar refractivity (Wildman–Crippen MR) is 47.3 cm³/mol. The number of hydrogen-bond donors (Lipinski definition) is 0. The Morgan fingerprint density at radius 1 is 1.54 bits per heavy atom. The van der Waals surface area contributed by atoms with E-state index >= 15 is 0 Å². The molecule has 0 aromatic carbocycles. The Morgan fingerprint density at radius 2 is 2.15 bits per heavy atom. The van der Waals surface area contributed by atoms with E-state index in [9.17, 15) is 4.79 Å². The molecule has 13 heavy (non-hydrogen) atoms. The number of amides is 1. The SMILES string of the molecule is CCN(CC(C)C#N)C(=O)CC#N. The molecule has 0 radical (unpaired) electrons. The van der Waals surface area contributed by atoms with Crippen LogP contribution in [0, 0.1) is 28.6 Å². The lowest BCUT2D eigenvalue weighted by Gasteiger charge is -2.20. The van der Waals surface area contributed by atoms with Crippen LogP contribution < -0.4 is 0 Å². The Hall–Kier alpha value is -1.55. The van der Waals surface area contributed by atoms with E-state index in [0.29, 0.717) is 13.1 Å². The summed E-state index contributed by atoms with van der Waals surface area (Å²) in [6.45, 7) is 4.54. The standard InChI is InChI=1S/C9H13N3O/c1-3-12(7-8(2)6-11)9(13)4-5-10/h8H,3-4,7H2,1-2H3. The second-order valence-electron chi connectivity index (χ2n) is 2.80. The number of nitriles is 2. The zero-order chi connectivity index (χ0) is 10.3. The van der Waals surface area contributed by atoms with Crippen molar-refractivity contribution in [3.63, 3.8) is 0 Å². The van der Waals surface area contributed by atoms with Gasteiger partial charge in [-0.05, 0) is 13.8 Å². The second-order valence-corrected chi connectivity index (χ2v) is 2.80. The fourth-order valence-corrected chi connectivity index (χ4v) is 0.958. The normalized spacial score (nSPS) is 11.1. The highest BCUT2D eigenvalue weighted by molar-refractivity contribution is 5.78. The van der Waals surface area contributed by atoms with Crippen LogP contribution >= 0.6 is 0 Å². The molecule has 1 amide bonds. The maximum Gasteiger partial charge on any atom is 0.236 e. The summed E-state index contributed by atoms with van der Waals surface area (Å²) in [6, 6.07) is 3.85. The van der Waals surface area contributed by atoms with Gasteiger partial charge in [-0.3, -0.25) is 4.79 Å². The Morgan fingerprint density at radius 3 is 2.54 bits per heavy atom. The van der Waals surface area contributed by atoms with Gasteiger partial charge in [-0.1, -0.05) is 0 Å². The second kappa shape index (κ2) is 6.02. The molecule has 70 valence electrons. The number of carbonyl (C=O) groups excluding carboxylic acids is 1. The first-order valence-electron chi connectivity index (χ1n) is 4.20. The molecule has 0 aromatic heterocycles. The van der Waals surface area contributed by atoms with Gasteiger partial charge in [-0.15, -0.1) is 0 Å². The number of hydrogen-bond acceptors (Lipinski definition) is 3. The molecule has 0 fully saturated rings. The van der Waals surface area contributed by atoms with Crippen LogP contribution in [0.25, 0.3) is 0 Å².